The minimum atomic E-state index is -0.679. The van der Waals surface area contributed by atoms with Crippen LogP contribution in [-0.2, 0) is 14.3 Å². The number of ether oxygens (including phenoxy) is 1. The van der Waals surface area contributed by atoms with Crippen LogP contribution in [0.5, 0.6) is 0 Å². The highest BCUT2D eigenvalue weighted by atomic mass is 16.5. The Kier molecular flexibility index (Phi) is 5.83. The molecule has 5 nitrogen and oxygen atoms in total. The van der Waals surface area contributed by atoms with Crippen molar-refractivity contribution in [2.24, 2.45) is 11.8 Å². The van der Waals surface area contributed by atoms with Gasteiger partial charge in [0, 0.05) is 13.2 Å². The monoisotopic (exact) mass is 283 g/mol. The first-order valence-corrected chi connectivity index (χ1v) is 7.76. The second-order valence-corrected chi connectivity index (χ2v) is 6.05. The maximum absolute atomic E-state index is 11.8. The van der Waals surface area contributed by atoms with Crippen LogP contribution >= 0.6 is 0 Å². The number of carboxylic acids is 1. The van der Waals surface area contributed by atoms with Gasteiger partial charge in [-0.25, -0.2) is 0 Å². The van der Waals surface area contributed by atoms with Crippen LogP contribution in [0.1, 0.15) is 51.4 Å². The molecule has 0 radical (unpaired) electrons. The van der Waals surface area contributed by atoms with Crippen LogP contribution in [0.4, 0.5) is 0 Å². The summed E-state index contributed by atoms with van der Waals surface area (Å²) in [5.41, 5.74) is 0. The normalized spacial score (nSPS) is 30.7. The van der Waals surface area contributed by atoms with E-state index in [9.17, 15) is 9.59 Å². The number of carbonyl (C=O) groups excluding carboxylic acids is 1. The average Bonchev–Trinajstić information content (AvgIpc) is 2.46. The zero-order valence-corrected chi connectivity index (χ0v) is 12.0. The number of carboxylic acid groups (broad SMARTS) is 1. The molecule has 1 atom stereocenters. The predicted molar refractivity (Wildman–Crippen MR) is 74.3 cm³/mol. The molecule has 0 aromatic heterocycles. The van der Waals surface area contributed by atoms with Gasteiger partial charge in [0.25, 0.3) is 0 Å². The molecule has 2 aliphatic rings. The SMILES string of the molecule is O=C(CC1CCCCO1)NCC1CCC(C(=O)O)CC1. The van der Waals surface area contributed by atoms with E-state index in [0.717, 1.165) is 51.6 Å². The maximum atomic E-state index is 11.8. The Hall–Kier alpha value is -1.10. The predicted octanol–water partition coefficient (Wildman–Crippen LogP) is 1.95. The van der Waals surface area contributed by atoms with Gasteiger partial charge in [0.05, 0.1) is 18.4 Å². The highest BCUT2D eigenvalue weighted by Gasteiger charge is 2.26. The second-order valence-electron chi connectivity index (χ2n) is 6.05. The van der Waals surface area contributed by atoms with Gasteiger partial charge in [-0.1, -0.05) is 0 Å². The molecule has 2 fully saturated rings. The van der Waals surface area contributed by atoms with Gasteiger partial charge in [0.1, 0.15) is 0 Å². The zero-order chi connectivity index (χ0) is 14.4. The van der Waals surface area contributed by atoms with Gasteiger partial charge >= 0.3 is 5.97 Å². The first-order chi connectivity index (χ1) is 9.65. The second kappa shape index (κ2) is 7.62. The van der Waals surface area contributed by atoms with E-state index in [0.29, 0.717) is 18.9 Å². The van der Waals surface area contributed by atoms with Gasteiger partial charge in [0.15, 0.2) is 0 Å². The molecule has 1 saturated carbocycles. The molecule has 5 heteroatoms. The Morgan fingerprint density at radius 3 is 2.45 bits per heavy atom. The topological polar surface area (TPSA) is 75.6 Å². The lowest BCUT2D eigenvalue weighted by atomic mass is 9.82. The third-order valence-electron chi connectivity index (χ3n) is 4.47. The largest absolute Gasteiger partial charge is 0.481 e. The van der Waals surface area contributed by atoms with E-state index < -0.39 is 5.97 Å². The third-order valence-corrected chi connectivity index (χ3v) is 4.47. The van der Waals surface area contributed by atoms with Crippen LogP contribution in [0.25, 0.3) is 0 Å². The van der Waals surface area contributed by atoms with Crippen molar-refractivity contribution in [3.05, 3.63) is 0 Å². The quantitative estimate of drug-likeness (QED) is 0.808. The Labute approximate surface area is 120 Å². The van der Waals surface area contributed by atoms with E-state index in [-0.39, 0.29) is 17.9 Å². The van der Waals surface area contributed by atoms with Crippen LogP contribution in [0.15, 0.2) is 0 Å². The molecular weight excluding hydrogens is 258 g/mol. The summed E-state index contributed by atoms with van der Waals surface area (Å²) in [6.45, 7) is 1.45. The van der Waals surface area contributed by atoms with Gasteiger partial charge in [-0.15, -0.1) is 0 Å². The van der Waals surface area contributed by atoms with Gasteiger partial charge < -0.3 is 15.2 Å². The Morgan fingerprint density at radius 1 is 1.10 bits per heavy atom. The van der Waals surface area contributed by atoms with Crippen molar-refractivity contribution < 1.29 is 19.4 Å². The van der Waals surface area contributed by atoms with Crippen molar-refractivity contribution >= 4 is 11.9 Å². The van der Waals surface area contributed by atoms with Crippen LogP contribution in [-0.4, -0.2) is 36.2 Å². The lowest BCUT2D eigenvalue weighted by Crippen LogP contribution is -2.35. The summed E-state index contributed by atoms with van der Waals surface area (Å²) in [4.78, 5) is 22.7. The summed E-state index contributed by atoms with van der Waals surface area (Å²) in [5.74, 6) is -0.362. The number of nitrogens with one attached hydrogen (secondary N) is 1. The van der Waals surface area contributed by atoms with E-state index in [1.165, 1.54) is 0 Å². The molecule has 0 bridgehead atoms. The fraction of sp³-hybridized carbons (Fsp3) is 0.867. The lowest BCUT2D eigenvalue weighted by molar-refractivity contribution is -0.143. The summed E-state index contributed by atoms with van der Waals surface area (Å²) in [6, 6.07) is 0. The summed E-state index contributed by atoms with van der Waals surface area (Å²) in [7, 11) is 0. The number of amides is 1. The first-order valence-electron chi connectivity index (χ1n) is 7.76. The lowest BCUT2D eigenvalue weighted by Gasteiger charge is -2.27. The smallest absolute Gasteiger partial charge is 0.306 e. The van der Waals surface area contributed by atoms with Crippen molar-refractivity contribution in [1.82, 2.24) is 5.32 Å². The molecule has 0 spiro atoms. The molecule has 1 heterocycles. The molecule has 0 aromatic carbocycles. The molecular formula is C15H25NO4. The standard InChI is InChI=1S/C15H25NO4/c17-14(9-13-3-1-2-8-20-13)16-10-11-4-6-12(7-5-11)15(18)19/h11-13H,1-10H2,(H,16,17)(H,18,19). The van der Waals surface area contributed by atoms with Crippen molar-refractivity contribution in [1.29, 1.82) is 0 Å². The fourth-order valence-electron chi connectivity index (χ4n) is 3.12. The Balaban J connectivity index is 1.60. The molecule has 2 rings (SSSR count). The van der Waals surface area contributed by atoms with Crippen molar-refractivity contribution in [2.75, 3.05) is 13.2 Å². The van der Waals surface area contributed by atoms with E-state index in [1.807, 2.05) is 0 Å². The molecule has 114 valence electrons. The fourth-order valence-corrected chi connectivity index (χ4v) is 3.12. The van der Waals surface area contributed by atoms with Crippen LogP contribution in [0.3, 0.4) is 0 Å². The van der Waals surface area contributed by atoms with E-state index in [2.05, 4.69) is 5.32 Å². The molecule has 1 aliphatic heterocycles. The van der Waals surface area contributed by atoms with Gasteiger partial charge in [0.2, 0.25) is 5.91 Å². The number of carbonyl (C=O) groups is 2. The highest BCUT2D eigenvalue weighted by molar-refractivity contribution is 5.76. The minimum Gasteiger partial charge on any atom is -0.481 e. The Morgan fingerprint density at radius 2 is 1.85 bits per heavy atom. The molecule has 0 aromatic rings. The molecule has 1 unspecified atom stereocenters. The zero-order valence-electron chi connectivity index (χ0n) is 12.0. The molecule has 2 N–H and O–H groups in total. The van der Waals surface area contributed by atoms with Crippen LogP contribution in [0, 0.1) is 11.8 Å². The van der Waals surface area contributed by atoms with Crippen molar-refractivity contribution in [2.45, 2.75) is 57.5 Å². The summed E-state index contributed by atoms with van der Waals surface area (Å²) in [5, 5.41) is 11.9. The molecule has 1 amide bonds. The molecule has 1 saturated heterocycles. The number of hydrogen-bond donors (Lipinski definition) is 2. The van der Waals surface area contributed by atoms with Crippen LogP contribution < -0.4 is 5.32 Å². The number of aliphatic carboxylic acids is 1. The summed E-state index contributed by atoms with van der Waals surface area (Å²) >= 11 is 0. The number of hydrogen-bond acceptors (Lipinski definition) is 3. The van der Waals surface area contributed by atoms with Crippen molar-refractivity contribution in [3.8, 4) is 0 Å². The molecule has 1 aliphatic carbocycles. The van der Waals surface area contributed by atoms with E-state index in [1.54, 1.807) is 0 Å². The van der Waals surface area contributed by atoms with E-state index in [4.69, 9.17) is 9.84 Å². The van der Waals surface area contributed by atoms with E-state index >= 15 is 0 Å². The van der Waals surface area contributed by atoms with Gasteiger partial charge in [-0.05, 0) is 50.9 Å². The van der Waals surface area contributed by atoms with Crippen molar-refractivity contribution in [3.63, 3.8) is 0 Å². The summed E-state index contributed by atoms with van der Waals surface area (Å²) < 4.78 is 5.55. The summed E-state index contributed by atoms with van der Waals surface area (Å²) in [6.07, 6.45) is 7.06. The molecule has 20 heavy (non-hydrogen) atoms. The van der Waals surface area contributed by atoms with Crippen LogP contribution in [0.2, 0.25) is 0 Å². The van der Waals surface area contributed by atoms with Gasteiger partial charge in [-0.3, -0.25) is 9.59 Å². The van der Waals surface area contributed by atoms with Gasteiger partial charge in [-0.2, -0.15) is 0 Å². The highest BCUT2D eigenvalue weighted by Crippen LogP contribution is 2.28. The minimum absolute atomic E-state index is 0.0669. The Bertz CT molecular complexity index is 331. The average molecular weight is 283 g/mol. The third kappa shape index (κ3) is 4.78. The first kappa shape index (κ1) is 15.3. The maximum Gasteiger partial charge on any atom is 0.306 e. The number of rotatable bonds is 5.